The summed E-state index contributed by atoms with van der Waals surface area (Å²) >= 11 is 6.06. The SMILES string of the molecule is CC(C)C(CNC1CC(c2cccc(Cl)c2)C1)C(C)C. The number of hydrogen-bond donors (Lipinski definition) is 1. The molecule has 0 aliphatic heterocycles. The van der Waals surface area contributed by atoms with Crippen LogP contribution in [0.4, 0.5) is 0 Å². The standard InChI is InChI=1S/C18H28ClN/c1-12(2)18(13(3)4)11-20-17-9-15(10-17)14-6-5-7-16(19)8-14/h5-8,12-13,15,17-18,20H,9-11H2,1-4H3. The first-order valence-electron chi connectivity index (χ1n) is 7.96. The van der Waals surface area contributed by atoms with E-state index in [9.17, 15) is 0 Å². The summed E-state index contributed by atoms with van der Waals surface area (Å²) in [7, 11) is 0. The summed E-state index contributed by atoms with van der Waals surface area (Å²) in [5.41, 5.74) is 1.40. The Morgan fingerprint density at radius 3 is 2.35 bits per heavy atom. The van der Waals surface area contributed by atoms with Gasteiger partial charge in [-0.3, -0.25) is 0 Å². The summed E-state index contributed by atoms with van der Waals surface area (Å²) in [5.74, 6) is 2.99. The molecule has 20 heavy (non-hydrogen) atoms. The average molecular weight is 294 g/mol. The van der Waals surface area contributed by atoms with E-state index in [4.69, 9.17) is 11.6 Å². The average Bonchev–Trinajstić information content (AvgIpc) is 2.30. The third-order valence-corrected chi connectivity index (χ3v) is 5.05. The highest BCUT2D eigenvalue weighted by molar-refractivity contribution is 6.30. The molecule has 0 amide bonds. The van der Waals surface area contributed by atoms with Gasteiger partial charge in [0.15, 0.2) is 0 Å². The number of nitrogens with one attached hydrogen (secondary N) is 1. The minimum atomic E-state index is 0.694. The molecule has 0 spiro atoms. The zero-order chi connectivity index (χ0) is 14.7. The fourth-order valence-corrected chi connectivity index (χ4v) is 3.56. The van der Waals surface area contributed by atoms with E-state index in [1.165, 1.54) is 18.4 Å². The Labute approximate surface area is 129 Å². The van der Waals surface area contributed by atoms with E-state index >= 15 is 0 Å². The molecule has 0 radical (unpaired) electrons. The molecule has 2 rings (SSSR count). The molecule has 1 aromatic carbocycles. The molecule has 1 fully saturated rings. The Hall–Kier alpha value is -0.530. The highest BCUT2D eigenvalue weighted by atomic mass is 35.5. The van der Waals surface area contributed by atoms with Gasteiger partial charge >= 0.3 is 0 Å². The van der Waals surface area contributed by atoms with E-state index in [-0.39, 0.29) is 0 Å². The lowest BCUT2D eigenvalue weighted by atomic mass is 9.75. The molecule has 0 bridgehead atoms. The monoisotopic (exact) mass is 293 g/mol. The topological polar surface area (TPSA) is 12.0 Å². The van der Waals surface area contributed by atoms with Crippen LogP contribution in [-0.4, -0.2) is 12.6 Å². The van der Waals surface area contributed by atoms with Gasteiger partial charge in [-0.25, -0.2) is 0 Å². The van der Waals surface area contributed by atoms with E-state index in [1.807, 2.05) is 6.07 Å². The van der Waals surface area contributed by atoms with Crippen LogP contribution in [0.5, 0.6) is 0 Å². The Kier molecular flexibility index (Phi) is 5.51. The molecule has 2 heteroatoms. The van der Waals surface area contributed by atoms with E-state index in [1.54, 1.807) is 0 Å². The maximum atomic E-state index is 6.06. The Balaban J connectivity index is 1.77. The van der Waals surface area contributed by atoms with Crippen LogP contribution in [-0.2, 0) is 0 Å². The van der Waals surface area contributed by atoms with Crippen molar-refractivity contribution in [3.63, 3.8) is 0 Å². The van der Waals surface area contributed by atoms with Gasteiger partial charge < -0.3 is 5.32 Å². The zero-order valence-corrected chi connectivity index (χ0v) is 14.0. The zero-order valence-electron chi connectivity index (χ0n) is 13.2. The van der Waals surface area contributed by atoms with Crippen molar-refractivity contribution in [1.82, 2.24) is 5.32 Å². The summed E-state index contributed by atoms with van der Waals surface area (Å²) in [4.78, 5) is 0. The highest BCUT2D eigenvalue weighted by Crippen LogP contribution is 2.37. The van der Waals surface area contributed by atoms with Gasteiger partial charge in [-0.1, -0.05) is 51.4 Å². The lowest BCUT2D eigenvalue weighted by Gasteiger charge is -2.38. The molecule has 0 heterocycles. The molecule has 1 N–H and O–H groups in total. The highest BCUT2D eigenvalue weighted by Gasteiger charge is 2.31. The quantitative estimate of drug-likeness (QED) is 0.769. The number of halogens is 1. The van der Waals surface area contributed by atoms with Crippen molar-refractivity contribution in [3.05, 3.63) is 34.9 Å². The maximum absolute atomic E-state index is 6.06. The van der Waals surface area contributed by atoms with E-state index in [0.29, 0.717) is 12.0 Å². The van der Waals surface area contributed by atoms with Crippen LogP contribution in [0.3, 0.4) is 0 Å². The number of benzene rings is 1. The van der Waals surface area contributed by atoms with Crippen molar-refractivity contribution in [2.24, 2.45) is 17.8 Å². The second-order valence-corrected chi connectivity index (χ2v) is 7.42. The summed E-state index contributed by atoms with van der Waals surface area (Å²) in [6.45, 7) is 10.5. The summed E-state index contributed by atoms with van der Waals surface area (Å²) < 4.78 is 0. The number of hydrogen-bond acceptors (Lipinski definition) is 1. The molecule has 0 unspecified atom stereocenters. The third kappa shape index (κ3) is 3.99. The lowest BCUT2D eigenvalue weighted by Crippen LogP contribution is -2.43. The van der Waals surface area contributed by atoms with Gasteiger partial charge in [-0.15, -0.1) is 0 Å². The molecule has 0 saturated heterocycles. The van der Waals surface area contributed by atoms with E-state index < -0.39 is 0 Å². The van der Waals surface area contributed by atoms with Crippen LogP contribution < -0.4 is 5.32 Å². The van der Waals surface area contributed by atoms with Crippen LogP contribution in [0.25, 0.3) is 0 Å². The van der Waals surface area contributed by atoms with Gasteiger partial charge in [0, 0.05) is 11.1 Å². The van der Waals surface area contributed by atoms with Crippen molar-refractivity contribution in [3.8, 4) is 0 Å². The van der Waals surface area contributed by atoms with Gasteiger partial charge in [-0.05, 0) is 60.8 Å². The Bertz CT molecular complexity index is 413. The first-order valence-corrected chi connectivity index (χ1v) is 8.34. The molecule has 0 aromatic heterocycles. The van der Waals surface area contributed by atoms with Crippen molar-refractivity contribution in [2.45, 2.75) is 52.5 Å². The van der Waals surface area contributed by atoms with Gasteiger partial charge in [-0.2, -0.15) is 0 Å². The molecular formula is C18H28ClN. The molecule has 1 nitrogen and oxygen atoms in total. The fraction of sp³-hybridized carbons (Fsp3) is 0.667. The van der Waals surface area contributed by atoms with Gasteiger partial charge in [0.1, 0.15) is 0 Å². The van der Waals surface area contributed by atoms with Crippen LogP contribution in [0, 0.1) is 17.8 Å². The first-order chi connectivity index (χ1) is 9.47. The second kappa shape index (κ2) is 6.95. The van der Waals surface area contributed by atoms with Crippen LogP contribution >= 0.6 is 11.6 Å². The molecular weight excluding hydrogens is 266 g/mol. The van der Waals surface area contributed by atoms with Crippen LogP contribution in [0.15, 0.2) is 24.3 Å². The Morgan fingerprint density at radius 2 is 1.80 bits per heavy atom. The van der Waals surface area contributed by atoms with Crippen molar-refractivity contribution in [1.29, 1.82) is 0 Å². The molecule has 1 saturated carbocycles. The van der Waals surface area contributed by atoms with Crippen molar-refractivity contribution < 1.29 is 0 Å². The molecule has 1 aliphatic carbocycles. The summed E-state index contributed by atoms with van der Waals surface area (Å²) in [6.07, 6.45) is 2.51. The van der Waals surface area contributed by atoms with Crippen molar-refractivity contribution in [2.75, 3.05) is 6.54 Å². The third-order valence-electron chi connectivity index (χ3n) is 4.81. The van der Waals surface area contributed by atoms with Gasteiger partial charge in [0.25, 0.3) is 0 Å². The van der Waals surface area contributed by atoms with Crippen LogP contribution in [0.1, 0.15) is 52.0 Å². The molecule has 1 aromatic rings. The molecule has 0 atom stereocenters. The minimum absolute atomic E-state index is 0.694. The summed E-state index contributed by atoms with van der Waals surface area (Å²) in [6, 6.07) is 9.03. The number of rotatable bonds is 6. The Morgan fingerprint density at radius 1 is 1.15 bits per heavy atom. The predicted octanol–water partition coefficient (Wildman–Crippen LogP) is 5.10. The predicted molar refractivity (Wildman–Crippen MR) is 88.4 cm³/mol. The second-order valence-electron chi connectivity index (χ2n) is 6.98. The minimum Gasteiger partial charge on any atom is -0.314 e. The summed E-state index contributed by atoms with van der Waals surface area (Å²) in [5, 5.41) is 4.62. The van der Waals surface area contributed by atoms with Crippen molar-refractivity contribution >= 4 is 11.6 Å². The molecule has 1 aliphatic rings. The molecule has 112 valence electrons. The smallest absolute Gasteiger partial charge is 0.0408 e. The largest absolute Gasteiger partial charge is 0.314 e. The van der Waals surface area contributed by atoms with E-state index in [0.717, 1.165) is 29.3 Å². The normalized spacial score (nSPS) is 22.6. The fourth-order valence-electron chi connectivity index (χ4n) is 3.36. The first kappa shape index (κ1) is 15.9. The van der Waals surface area contributed by atoms with Gasteiger partial charge in [0.05, 0.1) is 0 Å². The van der Waals surface area contributed by atoms with E-state index in [2.05, 4.69) is 51.2 Å². The lowest BCUT2D eigenvalue weighted by molar-refractivity contribution is 0.225. The maximum Gasteiger partial charge on any atom is 0.0408 e. The van der Waals surface area contributed by atoms with Gasteiger partial charge in [0.2, 0.25) is 0 Å². The van der Waals surface area contributed by atoms with Crippen LogP contribution in [0.2, 0.25) is 5.02 Å².